The first kappa shape index (κ1) is 15.4. The summed E-state index contributed by atoms with van der Waals surface area (Å²) in [7, 11) is 0. The topological polar surface area (TPSA) is 15.3 Å². The minimum atomic E-state index is 0.595. The molecular weight excluding hydrogens is 244 g/mol. The quantitative estimate of drug-likeness (QED) is 0.892. The zero-order chi connectivity index (χ0) is 14.7. The Morgan fingerprint density at radius 2 is 1.85 bits per heavy atom. The van der Waals surface area contributed by atoms with Gasteiger partial charge in [-0.15, -0.1) is 0 Å². The smallest absolute Gasteiger partial charge is 0.0368 e. The van der Waals surface area contributed by atoms with Crippen molar-refractivity contribution in [3.8, 4) is 0 Å². The summed E-state index contributed by atoms with van der Waals surface area (Å²) in [5, 5.41) is 3.63. The van der Waals surface area contributed by atoms with Gasteiger partial charge in [0.05, 0.1) is 0 Å². The summed E-state index contributed by atoms with van der Waals surface area (Å²) in [6.45, 7) is 13.7. The van der Waals surface area contributed by atoms with Gasteiger partial charge in [0.15, 0.2) is 0 Å². The van der Waals surface area contributed by atoms with Gasteiger partial charge in [-0.05, 0) is 49.4 Å². The summed E-state index contributed by atoms with van der Waals surface area (Å²) in [6.07, 6.45) is 1.24. The molecule has 1 aliphatic rings. The third-order valence-corrected chi connectivity index (χ3v) is 4.93. The number of hydrogen-bond donors (Lipinski definition) is 1. The lowest BCUT2D eigenvalue weighted by molar-refractivity contribution is 0.274. The van der Waals surface area contributed by atoms with Crippen molar-refractivity contribution in [1.29, 1.82) is 0 Å². The highest BCUT2D eigenvalue weighted by molar-refractivity contribution is 5.49. The highest BCUT2D eigenvalue weighted by Crippen LogP contribution is 2.29. The molecule has 1 N–H and O–H groups in total. The first-order valence-electron chi connectivity index (χ1n) is 8.14. The van der Waals surface area contributed by atoms with E-state index in [1.54, 1.807) is 0 Å². The van der Waals surface area contributed by atoms with E-state index in [9.17, 15) is 0 Å². The minimum absolute atomic E-state index is 0.595. The standard InChI is InChI=1S/C18H30N2/c1-6-19-18-11-12-20(15(5)14(18)4)17-9-7-16(8-10-17)13(2)3/h7-10,13-15,18-19H,6,11-12H2,1-5H3. The zero-order valence-corrected chi connectivity index (χ0v) is 13.7. The summed E-state index contributed by atoms with van der Waals surface area (Å²) in [4.78, 5) is 2.57. The molecule has 1 aromatic carbocycles. The molecule has 1 saturated heterocycles. The Hall–Kier alpha value is -1.02. The summed E-state index contributed by atoms with van der Waals surface area (Å²) in [5.74, 6) is 1.30. The molecule has 2 rings (SSSR count). The Bertz CT molecular complexity index is 410. The van der Waals surface area contributed by atoms with Gasteiger partial charge in [-0.2, -0.15) is 0 Å². The molecule has 0 saturated carbocycles. The average Bonchev–Trinajstić information content (AvgIpc) is 2.44. The van der Waals surface area contributed by atoms with Crippen LogP contribution in [0, 0.1) is 5.92 Å². The molecule has 3 unspecified atom stereocenters. The van der Waals surface area contributed by atoms with Gasteiger partial charge in [0.25, 0.3) is 0 Å². The Labute approximate surface area is 124 Å². The molecule has 1 aromatic rings. The third kappa shape index (κ3) is 3.17. The van der Waals surface area contributed by atoms with Crippen molar-refractivity contribution in [3.63, 3.8) is 0 Å². The lowest BCUT2D eigenvalue weighted by atomic mass is 9.86. The van der Waals surface area contributed by atoms with Gasteiger partial charge >= 0.3 is 0 Å². The molecule has 2 nitrogen and oxygen atoms in total. The molecule has 1 fully saturated rings. The van der Waals surface area contributed by atoms with E-state index in [-0.39, 0.29) is 0 Å². The van der Waals surface area contributed by atoms with E-state index in [1.165, 1.54) is 17.7 Å². The minimum Gasteiger partial charge on any atom is -0.368 e. The van der Waals surface area contributed by atoms with E-state index in [4.69, 9.17) is 0 Å². The molecule has 0 aliphatic carbocycles. The summed E-state index contributed by atoms with van der Waals surface area (Å²) in [6, 6.07) is 10.4. The maximum atomic E-state index is 3.63. The molecule has 0 spiro atoms. The summed E-state index contributed by atoms with van der Waals surface area (Å²) in [5.41, 5.74) is 2.81. The van der Waals surface area contributed by atoms with Crippen molar-refractivity contribution in [2.24, 2.45) is 5.92 Å². The van der Waals surface area contributed by atoms with Crippen molar-refractivity contribution >= 4 is 5.69 Å². The second-order valence-corrected chi connectivity index (χ2v) is 6.49. The molecule has 0 radical (unpaired) electrons. The first-order chi connectivity index (χ1) is 9.54. The van der Waals surface area contributed by atoms with Gasteiger partial charge in [0.2, 0.25) is 0 Å². The average molecular weight is 274 g/mol. The number of nitrogens with one attached hydrogen (secondary N) is 1. The van der Waals surface area contributed by atoms with E-state index in [0.29, 0.717) is 23.9 Å². The highest BCUT2D eigenvalue weighted by Gasteiger charge is 2.31. The molecule has 20 heavy (non-hydrogen) atoms. The molecule has 1 aliphatic heterocycles. The lowest BCUT2D eigenvalue weighted by Gasteiger charge is -2.44. The van der Waals surface area contributed by atoms with E-state index < -0.39 is 0 Å². The molecule has 3 atom stereocenters. The van der Waals surface area contributed by atoms with Gasteiger partial charge < -0.3 is 10.2 Å². The largest absolute Gasteiger partial charge is 0.368 e. The Morgan fingerprint density at radius 1 is 1.20 bits per heavy atom. The van der Waals surface area contributed by atoms with Crippen LogP contribution < -0.4 is 10.2 Å². The van der Waals surface area contributed by atoms with Crippen LogP contribution in [0.4, 0.5) is 5.69 Å². The van der Waals surface area contributed by atoms with Crippen molar-refractivity contribution in [1.82, 2.24) is 5.32 Å². The van der Waals surface area contributed by atoms with Gasteiger partial charge in [-0.3, -0.25) is 0 Å². The van der Waals surface area contributed by atoms with Crippen LogP contribution in [0.5, 0.6) is 0 Å². The normalized spacial score (nSPS) is 27.1. The molecular formula is C18H30N2. The number of nitrogens with zero attached hydrogens (tertiary/aromatic N) is 1. The molecule has 0 aromatic heterocycles. The number of piperidine rings is 1. The van der Waals surface area contributed by atoms with Gasteiger partial charge in [-0.1, -0.05) is 39.8 Å². The van der Waals surface area contributed by atoms with Crippen molar-refractivity contribution in [2.75, 3.05) is 18.0 Å². The summed E-state index contributed by atoms with van der Waals surface area (Å²) < 4.78 is 0. The van der Waals surface area contributed by atoms with Crippen LogP contribution in [0.25, 0.3) is 0 Å². The molecule has 2 heteroatoms. The molecule has 0 amide bonds. The third-order valence-electron chi connectivity index (χ3n) is 4.93. The monoisotopic (exact) mass is 274 g/mol. The fourth-order valence-electron chi connectivity index (χ4n) is 3.33. The first-order valence-corrected chi connectivity index (χ1v) is 8.14. The number of benzene rings is 1. The van der Waals surface area contributed by atoms with Gasteiger partial charge in [0.1, 0.15) is 0 Å². The van der Waals surface area contributed by atoms with Gasteiger partial charge in [-0.25, -0.2) is 0 Å². The van der Waals surface area contributed by atoms with Crippen LogP contribution in [-0.4, -0.2) is 25.2 Å². The van der Waals surface area contributed by atoms with Crippen LogP contribution in [-0.2, 0) is 0 Å². The number of rotatable bonds is 4. The number of anilines is 1. The maximum absolute atomic E-state index is 3.63. The fraction of sp³-hybridized carbons (Fsp3) is 0.667. The predicted molar refractivity (Wildman–Crippen MR) is 88.6 cm³/mol. The van der Waals surface area contributed by atoms with Crippen LogP contribution in [0.1, 0.15) is 52.5 Å². The highest BCUT2D eigenvalue weighted by atomic mass is 15.2. The molecule has 112 valence electrons. The van der Waals surface area contributed by atoms with Crippen LogP contribution in [0.2, 0.25) is 0 Å². The molecule has 0 bridgehead atoms. The van der Waals surface area contributed by atoms with E-state index in [2.05, 4.69) is 69.1 Å². The second kappa shape index (κ2) is 6.62. The molecule has 1 heterocycles. The van der Waals surface area contributed by atoms with Crippen LogP contribution >= 0.6 is 0 Å². The second-order valence-electron chi connectivity index (χ2n) is 6.49. The van der Waals surface area contributed by atoms with Crippen molar-refractivity contribution < 1.29 is 0 Å². The van der Waals surface area contributed by atoms with Crippen molar-refractivity contribution in [3.05, 3.63) is 29.8 Å². The zero-order valence-electron chi connectivity index (χ0n) is 13.7. The SMILES string of the molecule is CCNC1CCN(c2ccc(C(C)C)cc2)C(C)C1C. The Balaban J connectivity index is 2.09. The Kier molecular flexibility index (Phi) is 5.09. The van der Waals surface area contributed by atoms with E-state index >= 15 is 0 Å². The van der Waals surface area contributed by atoms with Gasteiger partial charge in [0, 0.05) is 24.3 Å². The van der Waals surface area contributed by atoms with E-state index in [0.717, 1.165) is 13.1 Å². The fourth-order valence-corrected chi connectivity index (χ4v) is 3.33. The van der Waals surface area contributed by atoms with Crippen LogP contribution in [0.3, 0.4) is 0 Å². The number of hydrogen-bond acceptors (Lipinski definition) is 2. The van der Waals surface area contributed by atoms with Crippen molar-refractivity contribution in [2.45, 2.75) is 59.0 Å². The maximum Gasteiger partial charge on any atom is 0.0368 e. The summed E-state index contributed by atoms with van der Waals surface area (Å²) >= 11 is 0. The predicted octanol–water partition coefficient (Wildman–Crippen LogP) is 4.02. The van der Waals surface area contributed by atoms with E-state index in [1.807, 2.05) is 0 Å². The Morgan fingerprint density at radius 3 is 2.40 bits per heavy atom. The lowest BCUT2D eigenvalue weighted by Crippen LogP contribution is -2.53. The van der Waals surface area contributed by atoms with Crippen LogP contribution in [0.15, 0.2) is 24.3 Å².